The number of piperidine rings is 2. The Balaban J connectivity index is 0.000000161. The van der Waals surface area contributed by atoms with Gasteiger partial charge in [0.15, 0.2) is 34.7 Å². The molecule has 3 aliphatic carbocycles. The van der Waals surface area contributed by atoms with Gasteiger partial charge in [-0.2, -0.15) is 44.9 Å². The summed E-state index contributed by atoms with van der Waals surface area (Å²) in [5.74, 6) is 2.14. The van der Waals surface area contributed by atoms with Crippen LogP contribution in [0, 0.1) is 23.4 Å². The number of rotatable bonds is 16. The van der Waals surface area contributed by atoms with Crippen LogP contribution in [0.25, 0.3) is 0 Å². The van der Waals surface area contributed by atoms with Crippen LogP contribution in [0.15, 0.2) is 54.6 Å². The molecular weight excluding hydrogens is 1150 g/mol. The van der Waals surface area contributed by atoms with Gasteiger partial charge in [0.2, 0.25) is 51.5 Å². The van der Waals surface area contributed by atoms with Crippen LogP contribution in [-0.4, -0.2) is 146 Å². The lowest BCUT2D eigenvalue weighted by molar-refractivity contribution is 0.252. The molecule has 0 radical (unpaired) electrons. The summed E-state index contributed by atoms with van der Waals surface area (Å²) in [6.45, 7) is 6.18. The van der Waals surface area contributed by atoms with Crippen LogP contribution in [-0.2, 0) is 0 Å². The summed E-state index contributed by atoms with van der Waals surface area (Å²) in [6, 6.07) is 15.6. The molecule has 1 unspecified atom stereocenters. The van der Waals surface area contributed by atoms with Crippen molar-refractivity contribution >= 4 is 99.3 Å². The average Bonchev–Trinajstić information content (AvgIpc) is 4.43. The van der Waals surface area contributed by atoms with Crippen molar-refractivity contribution in [2.45, 2.75) is 101 Å². The number of hydrogen-bond acceptors (Lipinski definition) is 22. The minimum absolute atomic E-state index is 0.0496. The quantitative estimate of drug-likeness (QED) is 0.0444. The van der Waals surface area contributed by atoms with Gasteiger partial charge in [-0.25, -0.2) is 17.6 Å². The Kier molecular flexibility index (Phi) is 23.8. The molecule has 1 atom stereocenters. The van der Waals surface area contributed by atoms with E-state index in [0.29, 0.717) is 77.0 Å². The van der Waals surface area contributed by atoms with Crippen molar-refractivity contribution in [1.82, 2.24) is 54.2 Å². The van der Waals surface area contributed by atoms with Crippen LogP contribution in [0.3, 0.4) is 0 Å². The first-order valence-corrected chi connectivity index (χ1v) is 28.2. The first-order valence-electron chi connectivity index (χ1n) is 26.8. The number of benzene rings is 3. The largest absolute Gasteiger partial charge is 0.494 e. The molecule has 29 heteroatoms. The zero-order valence-corrected chi connectivity index (χ0v) is 49.5. The van der Waals surface area contributed by atoms with Crippen LogP contribution >= 0.6 is 46.6 Å². The summed E-state index contributed by atoms with van der Waals surface area (Å²) >= 11 is 22.9. The van der Waals surface area contributed by atoms with Gasteiger partial charge in [0.1, 0.15) is 0 Å². The lowest BCUT2D eigenvalue weighted by Crippen LogP contribution is -2.42. The molecule has 2 saturated heterocycles. The standard InChI is InChI=1S/C20H28FN7O.C13H13ClFN5O.C10H7Cl2FN4O.C7H15ClN2.C3H7N/c1-27-10-8-15(9-11-27)28(2)20-25-18(22-13-4-5-13)24-19(26-20)23-14-6-7-17(29-3)16(21)12-14;1-21-10-5-4-8(6-9(10)15)17-13-19-11(14)18-12(20-13)16-7-2-3-7;1-18-7-3-2-5(4-6(7)13)14-10-16-8(11)15-9(12)17-10;1-6(9)7-2-4-10(8)5-3-7;4-3-1-2-3/h6-7,12-13,15H,4-5,8-11H2,1-3H3,(H2,22,23,24,25,26);4-7H,2-3H2,1H3,(H2,16,17,18,19,20);2-4H,1H3,(H,14,15,16,17);6-7H,2-5,9H2,1H3;3H,1-2,4H2. The molecule has 0 bridgehead atoms. The molecule has 444 valence electrons. The molecule has 0 spiro atoms. The van der Waals surface area contributed by atoms with Gasteiger partial charge < -0.3 is 62.1 Å². The molecule has 3 aromatic carbocycles. The number of likely N-dealkylation sites (tertiary alicyclic amines) is 1. The molecule has 11 rings (SSSR count). The van der Waals surface area contributed by atoms with Crippen molar-refractivity contribution in [3.63, 3.8) is 0 Å². The lowest BCUT2D eigenvalue weighted by Gasteiger charge is -2.35. The molecule has 5 fully saturated rings. The highest BCUT2D eigenvalue weighted by atomic mass is 35.5. The van der Waals surface area contributed by atoms with Gasteiger partial charge in [-0.3, -0.25) is 0 Å². The summed E-state index contributed by atoms with van der Waals surface area (Å²) in [5.41, 5.74) is 12.5. The molecule has 2 aliphatic heterocycles. The first-order chi connectivity index (χ1) is 39.3. The number of halogens is 7. The normalized spacial score (nSPS) is 16.6. The summed E-state index contributed by atoms with van der Waals surface area (Å²) in [4.78, 5) is 41.6. The highest BCUT2D eigenvalue weighted by molar-refractivity contribution is 6.31. The molecule has 6 aromatic rings. The molecule has 22 nitrogen and oxygen atoms in total. The number of methoxy groups -OCH3 is 3. The number of anilines is 9. The number of nitrogens with zero attached hydrogens (tertiary/aromatic N) is 12. The van der Waals surface area contributed by atoms with Crippen LogP contribution < -0.4 is 57.2 Å². The smallest absolute Gasteiger partial charge is 0.233 e. The number of ether oxygens (including phenoxy) is 3. The van der Waals surface area contributed by atoms with E-state index in [1.54, 1.807) is 24.3 Å². The maximum Gasteiger partial charge on any atom is 0.233 e. The summed E-state index contributed by atoms with van der Waals surface area (Å²) in [6.07, 6.45) is 11.4. The molecule has 3 saturated carbocycles. The van der Waals surface area contributed by atoms with E-state index in [9.17, 15) is 13.2 Å². The minimum Gasteiger partial charge on any atom is -0.494 e. The Hall–Kier alpha value is -6.32. The molecule has 3 aromatic heterocycles. The van der Waals surface area contributed by atoms with Crippen LogP contribution in [0.2, 0.25) is 15.9 Å². The van der Waals surface area contributed by atoms with E-state index in [-0.39, 0.29) is 45.0 Å². The van der Waals surface area contributed by atoms with E-state index in [0.717, 1.165) is 77.5 Å². The van der Waals surface area contributed by atoms with E-state index in [2.05, 4.69) is 95.2 Å². The van der Waals surface area contributed by atoms with E-state index in [1.807, 2.05) is 11.5 Å². The van der Waals surface area contributed by atoms with Gasteiger partial charge >= 0.3 is 0 Å². The van der Waals surface area contributed by atoms with Gasteiger partial charge in [0.05, 0.1) is 21.3 Å². The van der Waals surface area contributed by atoms with E-state index >= 15 is 0 Å². The van der Waals surface area contributed by atoms with Crippen molar-refractivity contribution in [3.8, 4) is 17.2 Å². The van der Waals surface area contributed by atoms with Gasteiger partial charge in [0.25, 0.3) is 0 Å². The Morgan fingerprint density at radius 2 is 0.915 bits per heavy atom. The number of hydrogen-bond donors (Lipinski definition) is 7. The number of nitrogens with two attached hydrogens (primary N) is 2. The Morgan fingerprint density at radius 1 is 0.549 bits per heavy atom. The molecule has 5 aliphatic rings. The van der Waals surface area contributed by atoms with Crippen molar-refractivity contribution in [2.75, 3.05) is 93.1 Å². The molecule has 0 amide bonds. The first kappa shape index (κ1) is 63.3. The monoisotopic (exact) mass is 1220 g/mol. The molecule has 82 heavy (non-hydrogen) atoms. The predicted molar refractivity (Wildman–Crippen MR) is 316 cm³/mol. The average molecular weight is 1220 g/mol. The van der Waals surface area contributed by atoms with Gasteiger partial charge in [0, 0.05) is 85.6 Å². The van der Waals surface area contributed by atoms with E-state index < -0.39 is 17.5 Å². The van der Waals surface area contributed by atoms with Crippen LogP contribution in [0.4, 0.5) is 65.9 Å². The number of aromatic nitrogens is 9. The predicted octanol–water partition coefficient (Wildman–Crippen LogP) is 10.2. The van der Waals surface area contributed by atoms with Crippen molar-refractivity contribution in [2.24, 2.45) is 17.4 Å². The Bertz CT molecular complexity index is 2970. The van der Waals surface area contributed by atoms with Crippen molar-refractivity contribution < 1.29 is 27.4 Å². The van der Waals surface area contributed by atoms with Gasteiger partial charge in [-0.05, 0) is 180 Å². The molecule has 9 N–H and O–H groups in total. The van der Waals surface area contributed by atoms with Crippen LogP contribution in [0.5, 0.6) is 17.2 Å². The maximum absolute atomic E-state index is 14.1. The third kappa shape index (κ3) is 21.1. The van der Waals surface area contributed by atoms with Crippen molar-refractivity contribution in [3.05, 3.63) is 87.9 Å². The Morgan fingerprint density at radius 3 is 1.29 bits per heavy atom. The third-order valence-corrected chi connectivity index (χ3v) is 14.1. The Labute approximate surface area is 495 Å². The molecular formula is C53H70Cl4F3N19O3. The fourth-order valence-electron chi connectivity index (χ4n) is 7.97. The van der Waals surface area contributed by atoms with Gasteiger partial charge in [-0.1, -0.05) is 0 Å². The lowest BCUT2D eigenvalue weighted by atomic mass is 9.92. The molecule has 5 heterocycles. The van der Waals surface area contributed by atoms with Gasteiger partial charge in [-0.15, -0.1) is 0 Å². The fourth-order valence-corrected chi connectivity index (χ4v) is 8.69. The SMILES string of the molecule is CC(N)C1CCN(Cl)CC1.COc1ccc(Nc2nc(Cl)nc(Cl)n2)cc1F.COc1ccc(Nc2nc(Cl)nc(NC3CC3)n2)cc1F.COc1ccc(Nc2nc(NC3CC3)nc(N(C)C3CCN(C)CC3)n2)cc1F.NC1CC1. The summed E-state index contributed by atoms with van der Waals surface area (Å²) in [7, 11) is 8.42. The van der Waals surface area contributed by atoms with Crippen molar-refractivity contribution in [1.29, 1.82) is 0 Å². The minimum atomic E-state index is -0.506. The second kappa shape index (κ2) is 30.8. The summed E-state index contributed by atoms with van der Waals surface area (Å²) in [5, 5.41) is 15.2. The zero-order valence-electron chi connectivity index (χ0n) is 46.5. The van der Waals surface area contributed by atoms with E-state index in [4.69, 9.17) is 72.3 Å². The topological polar surface area (TPSA) is 266 Å². The number of nitrogens with one attached hydrogen (secondary N) is 5. The second-order valence-electron chi connectivity index (χ2n) is 20.1. The maximum atomic E-state index is 14.1. The fraction of sp³-hybridized carbons (Fsp3) is 0.491. The zero-order chi connectivity index (χ0) is 58.9. The highest BCUT2D eigenvalue weighted by Gasteiger charge is 2.27. The third-order valence-electron chi connectivity index (χ3n) is 13.3. The highest BCUT2D eigenvalue weighted by Crippen LogP contribution is 2.30. The van der Waals surface area contributed by atoms with E-state index in [1.165, 1.54) is 64.5 Å². The van der Waals surface area contributed by atoms with Crippen LogP contribution in [0.1, 0.15) is 71.1 Å². The second-order valence-corrected chi connectivity index (χ2v) is 21.6. The summed E-state index contributed by atoms with van der Waals surface area (Å²) < 4.78 is 57.6.